The van der Waals surface area contributed by atoms with Gasteiger partial charge in [-0.1, -0.05) is 80.6 Å². The lowest BCUT2D eigenvalue weighted by molar-refractivity contribution is 0.0340. The molecule has 0 unspecified atom stereocenters. The fraction of sp³-hybridized carbons (Fsp3) is 0.323. The summed E-state index contributed by atoms with van der Waals surface area (Å²) in [6.07, 6.45) is 0. The fourth-order valence-electron chi connectivity index (χ4n) is 7.30. The predicted octanol–water partition coefficient (Wildman–Crippen LogP) is 6.08. The Morgan fingerprint density at radius 3 is 2.08 bits per heavy atom. The lowest BCUT2D eigenvalue weighted by Gasteiger charge is -2.47. The summed E-state index contributed by atoms with van der Waals surface area (Å²) < 4.78 is 0. The third-order valence-corrected chi connectivity index (χ3v) is 11.2. The van der Waals surface area contributed by atoms with Crippen LogP contribution in [0, 0.1) is 5.41 Å². The maximum atomic E-state index is 14.9. The molecule has 2 saturated heterocycles. The van der Waals surface area contributed by atoms with E-state index in [1.165, 1.54) is 5.56 Å². The van der Waals surface area contributed by atoms with E-state index in [2.05, 4.69) is 43.0 Å². The molecule has 0 aromatic heterocycles. The zero-order chi connectivity index (χ0) is 25.5. The molecule has 3 atom stereocenters. The van der Waals surface area contributed by atoms with E-state index in [0.717, 1.165) is 16.2 Å². The quantitative estimate of drug-likeness (QED) is 0.378. The SMILES string of the molecule is CC(C)c1ccc([C@@H]2[C@H]3CSCN3C3(C(=O)c4ccccc4C3=O)[C@]23CSc2ccccc2C3=O)cc1. The molecule has 4 nitrogen and oxygen atoms in total. The summed E-state index contributed by atoms with van der Waals surface area (Å²) in [5, 5.41) is 0. The van der Waals surface area contributed by atoms with Crippen LogP contribution in [0.1, 0.15) is 67.9 Å². The van der Waals surface area contributed by atoms with Gasteiger partial charge in [0.15, 0.2) is 22.9 Å². The molecule has 2 fully saturated rings. The molecule has 1 aliphatic carbocycles. The van der Waals surface area contributed by atoms with Gasteiger partial charge in [-0.3, -0.25) is 19.3 Å². The summed E-state index contributed by atoms with van der Waals surface area (Å²) in [6, 6.07) is 23.3. The number of carbonyl (C=O) groups excluding carboxylic acids is 3. The van der Waals surface area contributed by atoms with Crippen molar-refractivity contribution in [2.45, 2.75) is 42.2 Å². The van der Waals surface area contributed by atoms with Crippen molar-refractivity contribution in [3.8, 4) is 0 Å². The number of hydrogen-bond acceptors (Lipinski definition) is 6. The first kappa shape index (κ1) is 23.4. The van der Waals surface area contributed by atoms with Crippen molar-refractivity contribution >= 4 is 40.9 Å². The van der Waals surface area contributed by atoms with Crippen LogP contribution in [0.15, 0.2) is 77.7 Å². The van der Waals surface area contributed by atoms with Crippen molar-refractivity contribution in [1.82, 2.24) is 4.90 Å². The van der Waals surface area contributed by atoms with Crippen molar-refractivity contribution in [1.29, 1.82) is 0 Å². The van der Waals surface area contributed by atoms with Gasteiger partial charge in [-0.15, -0.1) is 23.5 Å². The maximum absolute atomic E-state index is 14.9. The average Bonchev–Trinajstić information content (AvgIpc) is 3.55. The molecule has 0 N–H and O–H groups in total. The number of rotatable bonds is 2. The van der Waals surface area contributed by atoms with Crippen molar-refractivity contribution in [2.75, 3.05) is 17.4 Å². The Bertz CT molecular complexity index is 1440. The number of nitrogens with zero attached hydrogens (tertiary/aromatic N) is 1. The van der Waals surface area contributed by atoms with Crippen LogP contribution in [-0.2, 0) is 0 Å². The van der Waals surface area contributed by atoms with E-state index in [1.807, 2.05) is 36.4 Å². The van der Waals surface area contributed by atoms with Gasteiger partial charge < -0.3 is 0 Å². The molecular formula is C31H27NO3S2. The fourth-order valence-corrected chi connectivity index (χ4v) is 9.99. The third-order valence-electron chi connectivity index (χ3n) is 8.94. The van der Waals surface area contributed by atoms with E-state index in [1.54, 1.807) is 35.7 Å². The molecule has 0 radical (unpaired) electrons. The highest BCUT2D eigenvalue weighted by atomic mass is 32.2. The Morgan fingerprint density at radius 2 is 1.43 bits per heavy atom. The molecule has 2 spiro atoms. The van der Waals surface area contributed by atoms with E-state index < -0.39 is 11.0 Å². The van der Waals surface area contributed by atoms with Gasteiger partial charge in [0.05, 0.1) is 5.41 Å². The van der Waals surface area contributed by atoms with Crippen LogP contribution in [0.25, 0.3) is 0 Å². The second kappa shape index (κ2) is 8.16. The van der Waals surface area contributed by atoms with E-state index in [0.29, 0.717) is 34.2 Å². The third kappa shape index (κ3) is 2.79. The first-order valence-corrected chi connectivity index (χ1v) is 15.0. The second-order valence-electron chi connectivity index (χ2n) is 10.8. The van der Waals surface area contributed by atoms with Gasteiger partial charge in [-0.2, -0.15) is 0 Å². The Kier molecular flexibility index (Phi) is 5.17. The highest BCUT2D eigenvalue weighted by Gasteiger charge is 2.80. The number of Topliss-reactive ketones (excluding diaryl/α,β-unsaturated/α-hetero) is 3. The van der Waals surface area contributed by atoms with Gasteiger partial charge in [-0.05, 0) is 23.1 Å². The number of hydrogen-bond donors (Lipinski definition) is 0. The molecule has 4 aliphatic rings. The summed E-state index contributed by atoms with van der Waals surface area (Å²) in [4.78, 5) is 47.1. The number of thioether (sulfide) groups is 2. The highest BCUT2D eigenvalue weighted by molar-refractivity contribution is 7.99. The zero-order valence-corrected chi connectivity index (χ0v) is 22.4. The van der Waals surface area contributed by atoms with Gasteiger partial charge >= 0.3 is 0 Å². The summed E-state index contributed by atoms with van der Waals surface area (Å²) in [7, 11) is 0. The Labute approximate surface area is 225 Å². The van der Waals surface area contributed by atoms with Crippen LogP contribution in [0.4, 0.5) is 0 Å². The minimum atomic E-state index is -1.52. The smallest absolute Gasteiger partial charge is 0.192 e. The molecule has 186 valence electrons. The largest absolute Gasteiger partial charge is 0.293 e. The number of ketones is 3. The van der Waals surface area contributed by atoms with Crippen molar-refractivity contribution in [2.24, 2.45) is 5.41 Å². The lowest BCUT2D eigenvalue weighted by atomic mass is 9.58. The van der Waals surface area contributed by atoms with Crippen molar-refractivity contribution in [3.05, 3.63) is 101 Å². The first-order valence-electron chi connectivity index (χ1n) is 12.8. The van der Waals surface area contributed by atoms with Gasteiger partial charge in [0.2, 0.25) is 0 Å². The number of carbonyl (C=O) groups is 3. The van der Waals surface area contributed by atoms with Crippen LogP contribution in [0.2, 0.25) is 0 Å². The summed E-state index contributed by atoms with van der Waals surface area (Å²) in [6.45, 7) is 4.34. The second-order valence-corrected chi connectivity index (χ2v) is 12.9. The Balaban J connectivity index is 1.53. The van der Waals surface area contributed by atoms with Crippen LogP contribution in [0.3, 0.4) is 0 Å². The molecule has 0 saturated carbocycles. The lowest BCUT2D eigenvalue weighted by Crippen LogP contribution is -2.66. The summed E-state index contributed by atoms with van der Waals surface area (Å²) >= 11 is 3.37. The topological polar surface area (TPSA) is 54.5 Å². The van der Waals surface area contributed by atoms with Gasteiger partial charge in [-0.25, -0.2) is 0 Å². The van der Waals surface area contributed by atoms with Crippen LogP contribution in [0.5, 0.6) is 0 Å². The van der Waals surface area contributed by atoms with Crippen LogP contribution >= 0.6 is 23.5 Å². The molecule has 0 bridgehead atoms. The maximum Gasteiger partial charge on any atom is 0.192 e. The summed E-state index contributed by atoms with van der Waals surface area (Å²) in [5.41, 5.74) is 1.10. The molecule has 3 aliphatic heterocycles. The average molecular weight is 526 g/mol. The molecular weight excluding hydrogens is 498 g/mol. The molecule has 3 aromatic rings. The van der Waals surface area contributed by atoms with E-state index in [-0.39, 0.29) is 29.3 Å². The standard InChI is InChI=1S/C31H27NO3S2/c1-18(2)19-11-13-20(14-12-19)26-24-15-36-17-32(24)31(28(34)21-7-3-4-8-22(21)29(31)35)30(26)16-37-25-10-6-5-9-23(25)27(30)33/h3-14,18,24,26H,15-17H2,1-2H3/t24-,26-,30-/m1/s1. The highest BCUT2D eigenvalue weighted by Crippen LogP contribution is 2.67. The zero-order valence-electron chi connectivity index (χ0n) is 20.8. The molecule has 7 rings (SSSR count). The molecule has 0 amide bonds. The first-order chi connectivity index (χ1) is 17.9. The summed E-state index contributed by atoms with van der Waals surface area (Å²) in [5.74, 6) is 1.43. The minimum absolute atomic E-state index is 0.0614. The minimum Gasteiger partial charge on any atom is -0.293 e. The molecule has 3 heterocycles. The van der Waals surface area contributed by atoms with Crippen molar-refractivity contribution in [3.63, 3.8) is 0 Å². The van der Waals surface area contributed by atoms with Crippen LogP contribution in [-0.4, -0.2) is 51.2 Å². The van der Waals surface area contributed by atoms with E-state index >= 15 is 0 Å². The Hall–Kier alpha value is -2.67. The van der Waals surface area contributed by atoms with Crippen LogP contribution < -0.4 is 0 Å². The number of benzene rings is 3. The van der Waals surface area contributed by atoms with Gasteiger partial charge in [0.1, 0.15) is 0 Å². The molecule has 37 heavy (non-hydrogen) atoms. The molecule has 6 heteroatoms. The normalized spacial score (nSPS) is 27.8. The van der Waals surface area contributed by atoms with Crippen molar-refractivity contribution < 1.29 is 14.4 Å². The molecule has 3 aromatic carbocycles. The van der Waals surface area contributed by atoms with E-state index in [4.69, 9.17) is 0 Å². The Morgan fingerprint density at radius 1 is 0.811 bits per heavy atom. The predicted molar refractivity (Wildman–Crippen MR) is 148 cm³/mol. The number of fused-ring (bicyclic) bond motifs is 5. The van der Waals surface area contributed by atoms with E-state index in [9.17, 15) is 14.4 Å². The van der Waals surface area contributed by atoms with Gasteiger partial charge in [0.25, 0.3) is 0 Å². The van der Waals surface area contributed by atoms with Gasteiger partial charge in [0, 0.05) is 50.9 Å². The monoisotopic (exact) mass is 525 g/mol.